The predicted molar refractivity (Wildman–Crippen MR) is 90.8 cm³/mol. The molecule has 23 heavy (non-hydrogen) atoms. The first-order valence-electron chi connectivity index (χ1n) is 7.23. The summed E-state index contributed by atoms with van der Waals surface area (Å²) in [6.07, 6.45) is 0. The summed E-state index contributed by atoms with van der Waals surface area (Å²) < 4.78 is 5.48. The number of hydrogen-bond acceptors (Lipinski definition) is 4. The van der Waals surface area contributed by atoms with Crippen molar-refractivity contribution in [1.29, 1.82) is 0 Å². The van der Waals surface area contributed by atoms with E-state index < -0.39 is 5.91 Å². The minimum atomic E-state index is -0.413. The van der Waals surface area contributed by atoms with E-state index in [9.17, 15) is 9.59 Å². The Balaban J connectivity index is 1.83. The van der Waals surface area contributed by atoms with Crippen LogP contribution in [0.5, 0.6) is 5.75 Å². The van der Waals surface area contributed by atoms with Gasteiger partial charge in [0.25, 0.3) is 11.8 Å². The van der Waals surface area contributed by atoms with Gasteiger partial charge in [0.1, 0.15) is 5.75 Å². The molecule has 122 valence electrons. The second-order valence-electron chi connectivity index (χ2n) is 5.41. The highest BCUT2D eigenvalue weighted by molar-refractivity contribution is 7.14. The van der Waals surface area contributed by atoms with Gasteiger partial charge >= 0.3 is 0 Å². The Morgan fingerprint density at radius 2 is 1.78 bits per heavy atom. The van der Waals surface area contributed by atoms with Crippen LogP contribution >= 0.6 is 11.3 Å². The number of thiophene rings is 1. The number of hydrogen-bond donors (Lipinski definition) is 2. The summed E-state index contributed by atoms with van der Waals surface area (Å²) >= 11 is 1.39. The summed E-state index contributed by atoms with van der Waals surface area (Å²) in [6.45, 7) is 7.60. The molecule has 0 aliphatic rings. The number of carbonyl (C=O) groups excluding carboxylic acids is 2. The minimum absolute atomic E-state index is 0.160. The van der Waals surface area contributed by atoms with Gasteiger partial charge in [0, 0.05) is 4.88 Å². The van der Waals surface area contributed by atoms with Crippen LogP contribution in [-0.4, -0.2) is 18.4 Å². The molecule has 2 aromatic rings. The molecule has 1 aromatic heterocycles. The summed E-state index contributed by atoms with van der Waals surface area (Å²) in [5, 5.41) is 0. The second kappa shape index (κ2) is 7.28. The molecule has 0 atom stereocenters. The Kier molecular flexibility index (Phi) is 5.39. The smallest absolute Gasteiger partial charge is 0.279 e. The number of nitrogens with one attached hydrogen (secondary N) is 2. The Labute approximate surface area is 139 Å². The molecule has 0 aliphatic carbocycles. The lowest BCUT2D eigenvalue weighted by molar-refractivity contribution is -0.123. The third-order valence-corrected chi connectivity index (χ3v) is 4.56. The van der Waals surface area contributed by atoms with Crippen molar-refractivity contribution in [3.8, 4) is 5.75 Å². The SMILES string of the molecule is Cc1ccc(C)c(OCC(=O)NNC(=O)c2cc(C)c(C)s2)c1. The Bertz CT molecular complexity index is 718. The number of rotatable bonds is 4. The van der Waals surface area contributed by atoms with Crippen LogP contribution in [0.15, 0.2) is 24.3 Å². The van der Waals surface area contributed by atoms with E-state index in [0.717, 1.165) is 21.6 Å². The number of benzene rings is 1. The zero-order valence-corrected chi connectivity index (χ0v) is 14.5. The highest BCUT2D eigenvalue weighted by Crippen LogP contribution is 2.20. The van der Waals surface area contributed by atoms with Crippen molar-refractivity contribution in [2.45, 2.75) is 27.7 Å². The largest absolute Gasteiger partial charge is 0.483 e. The zero-order valence-electron chi connectivity index (χ0n) is 13.6. The molecule has 0 unspecified atom stereocenters. The van der Waals surface area contributed by atoms with Crippen molar-refractivity contribution in [1.82, 2.24) is 10.9 Å². The summed E-state index contributed by atoms with van der Waals surface area (Å²) in [5.74, 6) is -0.0773. The van der Waals surface area contributed by atoms with E-state index in [1.54, 1.807) is 6.07 Å². The molecular formula is C17H20N2O3S. The van der Waals surface area contributed by atoms with E-state index in [-0.39, 0.29) is 12.5 Å². The highest BCUT2D eigenvalue weighted by atomic mass is 32.1. The molecule has 0 radical (unpaired) electrons. The molecular weight excluding hydrogens is 312 g/mol. The average Bonchev–Trinajstić information content (AvgIpc) is 2.85. The third-order valence-electron chi connectivity index (χ3n) is 3.41. The molecule has 1 aromatic carbocycles. The molecule has 1 heterocycles. The van der Waals surface area contributed by atoms with Gasteiger partial charge in [-0.2, -0.15) is 0 Å². The molecule has 0 spiro atoms. The molecule has 0 fully saturated rings. The van der Waals surface area contributed by atoms with Gasteiger partial charge in [0.05, 0.1) is 4.88 Å². The van der Waals surface area contributed by atoms with Crippen molar-refractivity contribution in [3.05, 3.63) is 50.7 Å². The normalized spacial score (nSPS) is 10.3. The number of aryl methyl sites for hydroxylation is 4. The molecule has 2 N–H and O–H groups in total. The zero-order chi connectivity index (χ0) is 17.0. The average molecular weight is 332 g/mol. The minimum Gasteiger partial charge on any atom is -0.483 e. The van der Waals surface area contributed by atoms with Crippen LogP contribution in [0.1, 0.15) is 31.2 Å². The van der Waals surface area contributed by atoms with Crippen LogP contribution < -0.4 is 15.6 Å². The summed E-state index contributed by atoms with van der Waals surface area (Å²) in [7, 11) is 0. The van der Waals surface area contributed by atoms with Crippen molar-refractivity contribution < 1.29 is 14.3 Å². The fourth-order valence-electron chi connectivity index (χ4n) is 1.92. The van der Waals surface area contributed by atoms with Crippen LogP contribution in [-0.2, 0) is 4.79 Å². The standard InChI is InChI=1S/C17H20N2O3S/c1-10-5-6-11(2)14(7-10)22-9-16(20)18-19-17(21)15-8-12(3)13(4)23-15/h5-8H,9H2,1-4H3,(H,18,20)(H,19,21). The first-order chi connectivity index (χ1) is 10.9. The molecule has 0 saturated heterocycles. The Hall–Kier alpha value is -2.34. The van der Waals surface area contributed by atoms with Crippen LogP contribution in [0, 0.1) is 27.7 Å². The number of ether oxygens (including phenoxy) is 1. The van der Waals surface area contributed by atoms with Crippen LogP contribution in [0.25, 0.3) is 0 Å². The lowest BCUT2D eigenvalue weighted by atomic mass is 10.1. The topological polar surface area (TPSA) is 67.4 Å². The van der Waals surface area contributed by atoms with E-state index >= 15 is 0 Å². The van der Waals surface area contributed by atoms with Crippen molar-refractivity contribution in [3.63, 3.8) is 0 Å². The summed E-state index contributed by atoms with van der Waals surface area (Å²) in [6, 6.07) is 7.59. The third kappa shape index (κ3) is 4.56. The van der Waals surface area contributed by atoms with E-state index in [0.29, 0.717) is 10.6 Å². The van der Waals surface area contributed by atoms with Crippen molar-refractivity contribution >= 4 is 23.2 Å². The fourth-order valence-corrected chi connectivity index (χ4v) is 2.84. The van der Waals surface area contributed by atoms with Gasteiger partial charge in [0.2, 0.25) is 0 Å². The maximum atomic E-state index is 11.9. The number of carbonyl (C=O) groups is 2. The van der Waals surface area contributed by atoms with E-state index in [4.69, 9.17) is 4.74 Å². The number of amides is 2. The second-order valence-corrected chi connectivity index (χ2v) is 6.67. The first kappa shape index (κ1) is 17.0. The molecule has 2 rings (SSSR count). The van der Waals surface area contributed by atoms with Gasteiger partial charge in [-0.25, -0.2) is 0 Å². The van der Waals surface area contributed by atoms with Crippen molar-refractivity contribution in [2.24, 2.45) is 0 Å². The van der Waals surface area contributed by atoms with Gasteiger partial charge in [0.15, 0.2) is 6.61 Å². The first-order valence-corrected chi connectivity index (χ1v) is 8.04. The monoisotopic (exact) mass is 332 g/mol. The molecule has 5 nitrogen and oxygen atoms in total. The lowest BCUT2D eigenvalue weighted by Crippen LogP contribution is -2.43. The van der Waals surface area contributed by atoms with Crippen molar-refractivity contribution in [2.75, 3.05) is 6.61 Å². The maximum Gasteiger partial charge on any atom is 0.279 e. The molecule has 6 heteroatoms. The van der Waals surface area contributed by atoms with Gasteiger partial charge in [-0.05, 0) is 56.5 Å². The summed E-state index contributed by atoms with van der Waals surface area (Å²) in [5.41, 5.74) is 7.82. The number of hydrazine groups is 1. The van der Waals surface area contributed by atoms with E-state index in [1.807, 2.05) is 45.9 Å². The molecule has 0 saturated carbocycles. The quantitative estimate of drug-likeness (QED) is 0.846. The van der Waals surface area contributed by atoms with Gasteiger partial charge in [-0.15, -0.1) is 11.3 Å². The van der Waals surface area contributed by atoms with Crippen LogP contribution in [0.2, 0.25) is 0 Å². The predicted octanol–water partition coefficient (Wildman–Crippen LogP) is 2.82. The van der Waals surface area contributed by atoms with Gasteiger partial charge < -0.3 is 4.74 Å². The molecule has 0 aliphatic heterocycles. The Morgan fingerprint density at radius 1 is 1.04 bits per heavy atom. The molecule has 0 bridgehead atoms. The maximum absolute atomic E-state index is 11.9. The lowest BCUT2D eigenvalue weighted by Gasteiger charge is -2.10. The fraction of sp³-hybridized carbons (Fsp3) is 0.294. The van der Waals surface area contributed by atoms with Crippen LogP contribution in [0.4, 0.5) is 0 Å². The molecule has 2 amide bonds. The van der Waals surface area contributed by atoms with E-state index in [1.165, 1.54) is 11.3 Å². The van der Waals surface area contributed by atoms with Gasteiger partial charge in [-0.1, -0.05) is 12.1 Å². The van der Waals surface area contributed by atoms with Crippen LogP contribution in [0.3, 0.4) is 0 Å². The van der Waals surface area contributed by atoms with E-state index in [2.05, 4.69) is 10.9 Å². The highest BCUT2D eigenvalue weighted by Gasteiger charge is 2.12. The van der Waals surface area contributed by atoms with Gasteiger partial charge in [-0.3, -0.25) is 20.4 Å². The summed E-state index contributed by atoms with van der Waals surface area (Å²) in [4.78, 5) is 25.4. The Morgan fingerprint density at radius 3 is 2.43 bits per heavy atom.